The van der Waals surface area contributed by atoms with E-state index < -0.39 is 0 Å². The van der Waals surface area contributed by atoms with Crippen molar-refractivity contribution >= 4 is 84.8 Å². The van der Waals surface area contributed by atoms with Crippen LogP contribution in [-0.2, 0) is 6.42 Å². The van der Waals surface area contributed by atoms with E-state index in [1.54, 1.807) is 36.1 Å². The Bertz CT molecular complexity index is 1550. The molecule has 1 fully saturated rings. The van der Waals surface area contributed by atoms with E-state index in [9.17, 15) is 0 Å². The van der Waals surface area contributed by atoms with Gasteiger partial charge in [0.2, 0.25) is 0 Å². The third-order valence-electron chi connectivity index (χ3n) is 9.10. The van der Waals surface area contributed by atoms with Crippen molar-refractivity contribution in [1.82, 2.24) is 0 Å². The zero-order chi connectivity index (χ0) is 24.2. The van der Waals surface area contributed by atoms with Crippen molar-refractivity contribution in [3.8, 4) is 0 Å². The summed E-state index contributed by atoms with van der Waals surface area (Å²) in [5.74, 6) is 0. The second-order valence-electron chi connectivity index (χ2n) is 11.4. The van der Waals surface area contributed by atoms with Crippen LogP contribution in [0, 0.1) is 0 Å². The molecule has 3 aliphatic heterocycles. The molecule has 0 saturated heterocycles. The number of rotatable bonds is 2. The molecular formula is C31H31BN2SSe. The Kier molecular flexibility index (Phi) is 4.65. The molecule has 0 amide bonds. The number of hydrogen-bond donors (Lipinski definition) is 0. The molecule has 3 aromatic carbocycles. The molecule has 1 aromatic heterocycles. The molecule has 4 aliphatic rings. The molecule has 4 aromatic rings. The molecule has 0 spiro atoms. The summed E-state index contributed by atoms with van der Waals surface area (Å²) in [4.78, 5) is 5.64. The first-order valence-corrected chi connectivity index (χ1v) is 16.2. The van der Waals surface area contributed by atoms with Crippen LogP contribution < -0.4 is 34.4 Å². The predicted octanol–water partition coefficient (Wildman–Crippen LogP) is 4.29. The van der Waals surface area contributed by atoms with Gasteiger partial charge < -0.3 is 0 Å². The average Bonchev–Trinajstić information content (AvgIpc) is 3.40. The molecule has 0 radical (unpaired) electrons. The fraction of sp³-hybridized carbons (Fsp3) is 0.355. The minimum absolute atomic E-state index is 0.0715. The molecule has 2 nitrogen and oxygen atoms in total. The summed E-state index contributed by atoms with van der Waals surface area (Å²) in [5.41, 5.74) is 9.17. The summed E-state index contributed by atoms with van der Waals surface area (Å²) in [6.45, 7) is 7.71. The van der Waals surface area contributed by atoms with Gasteiger partial charge in [-0.25, -0.2) is 0 Å². The van der Waals surface area contributed by atoms with Crippen molar-refractivity contribution in [1.29, 1.82) is 0 Å². The van der Waals surface area contributed by atoms with Gasteiger partial charge in [-0.3, -0.25) is 0 Å². The van der Waals surface area contributed by atoms with Gasteiger partial charge in [0.1, 0.15) is 0 Å². The summed E-state index contributed by atoms with van der Waals surface area (Å²) in [6, 6.07) is 21.7. The Hall–Kier alpha value is -2.20. The molecular weight excluding hydrogens is 522 g/mol. The van der Waals surface area contributed by atoms with Crippen LogP contribution in [-0.4, -0.2) is 33.4 Å². The molecule has 4 heterocycles. The van der Waals surface area contributed by atoms with Crippen LogP contribution in [0.15, 0.2) is 54.6 Å². The van der Waals surface area contributed by atoms with Gasteiger partial charge in [-0.2, -0.15) is 0 Å². The number of benzene rings is 3. The first-order valence-electron chi connectivity index (χ1n) is 13.7. The van der Waals surface area contributed by atoms with Crippen LogP contribution in [0.5, 0.6) is 0 Å². The normalized spacial score (nSPS) is 19.5. The summed E-state index contributed by atoms with van der Waals surface area (Å²) in [7, 11) is 0. The van der Waals surface area contributed by atoms with Crippen molar-refractivity contribution in [2.75, 3.05) is 9.80 Å². The van der Waals surface area contributed by atoms with Crippen LogP contribution in [0.3, 0.4) is 0 Å². The van der Waals surface area contributed by atoms with E-state index in [0.717, 1.165) is 6.42 Å². The molecule has 0 bridgehead atoms. The molecule has 5 heteroatoms. The van der Waals surface area contributed by atoms with Crippen LogP contribution >= 0.6 is 11.3 Å². The Morgan fingerprint density at radius 2 is 1.78 bits per heavy atom. The van der Waals surface area contributed by atoms with Gasteiger partial charge in [-0.05, 0) is 0 Å². The van der Waals surface area contributed by atoms with Gasteiger partial charge in [-0.15, -0.1) is 0 Å². The SMILES string of the molecule is CCc1cc2c3c4c1N(C1CCCCC1)C(C)(C)N4c1ccccc1B3c1sc3ccccc3c1[Se]2. The standard InChI is InChI=1S/C31H31BN2SSe/c1-4-19-18-25-26-28-27(19)33(20-12-6-5-7-13-20)31(2,3)34(28)23-16-10-9-15-22(23)32(26)30-29(36-25)21-14-8-11-17-24(21)35-30/h8-11,14-18,20H,4-7,12-13H2,1-3H3. The van der Waals surface area contributed by atoms with Crippen LogP contribution in [0.1, 0.15) is 58.4 Å². The van der Waals surface area contributed by atoms with Crippen molar-refractivity contribution in [2.24, 2.45) is 0 Å². The van der Waals surface area contributed by atoms with Crippen LogP contribution in [0.4, 0.5) is 17.1 Å². The fourth-order valence-electron chi connectivity index (χ4n) is 7.68. The van der Waals surface area contributed by atoms with E-state index >= 15 is 0 Å². The quantitative estimate of drug-likeness (QED) is 0.301. The number of hydrogen-bond acceptors (Lipinski definition) is 3. The van der Waals surface area contributed by atoms with Crippen LogP contribution in [0.2, 0.25) is 0 Å². The Balaban J connectivity index is 1.47. The van der Waals surface area contributed by atoms with Crippen molar-refractivity contribution < 1.29 is 0 Å². The van der Waals surface area contributed by atoms with Crippen molar-refractivity contribution in [3.05, 3.63) is 60.2 Å². The molecule has 0 unspecified atom stereocenters. The summed E-state index contributed by atoms with van der Waals surface area (Å²) >= 11 is 2.39. The maximum absolute atomic E-state index is 2.88. The maximum atomic E-state index is 2.88. The predicted molar refractivity (Wildman–Crippen MR) is 159 cm³/mol. The van der Waals surface area contributed by atoms with Crippen molar-refractivity contribution in [3.63, 3.8) is 0 Å². The van der Waals surface area contributed by atoms with E-state index in [4.69, 9.17) is 0 Å². The van der Waals surface area contributed by atoms with Gasteiger partial charge in [0.15, 0.2) is 0 Å². The third kappa shape index (κ3) is 2.70. The van der Waals surface area contributed by atoms with E-state index in [-0.39, 0.29) is 5.66 Å². The van der Waals surface area contributed by atoms with Gasteiger partial charge in [0, 0.05) is 0 Å². The topological polar surface area (TPSA) is 6.48 Å². The Labute approximate surface area is 224 Å². The Morgan fingerprint density at radius 1 is 1.00 bits per heavy atom. The number of para-hydroxylation sites is 1. The van der Waals surface area contributed by atoms with E-state index in [2.05, 4.69) is 96.5 Å². The molecule has 0 N–H and O–H groups in total. The zero-order valence-electron chi connectivity index (χ0n) is 21.3. The van der Waals surface area contributed by atoms with Gasteiger partial charge in [0.05, 0.1) is 0 Å². The van der Waals surface area contributed by atoms with Crippen molar-refractivity contribution in [2.45, 2.75) is 71.0 Å². The second-order valence-corrected chi connectivity index (χ2v) is 14.7. The van der Waals surface area contributed by atoms with E-state index in [0.29, 0.717) is 27.7 Å². The Morgan fingerprint density at radius 3 is 2.61 bits per heavy atom. The van der Waals surface area contributed by atoms with Gasteiger partial charge in [0.25, 0.3) is 0 Å². The molecule has 1 aliphatic carbocycles. The summed E-state index contributed by atoms with van der Waals surface area (Å²) < 4.78 is 6.32. The molecule has 0 atom stereocenters. The average molecular weight is 553 g/mol. The number of nitrogens with zero attached hydrogens (tertiary/aromatic N) is 2. The first kappa shape index (κ1) is 21.8. The second kappa shape index (κ2) is 7.66. The van der Waals surface area contributed by atoms with Gasteiger partial charge >= 0.3 is 226 Å². The van der Waals surface area contributed by atoms with Gasteiger partial charge in [-0.1, -0.05) is 0 Å². The minimum atomic E-state index is -0.0715. The van der Waals surface area contributed by atoms with Crippen LogP contribution in [0.25, 0.3) is 10.1 Å². The molecule has 8 rings (SSSR count). The number of fused-ring (bicyclic) bond motifs is 7. The number of aryl methyl sites for hydroxylation is 1. The number of thiophene rings is 1. The third-order valence-corrected chi connectivity index (χ3v) is 13.2. The molecule has 180 valence electrons. The summed E-state index contributed by atoms with van der Waals surface area (Å²) in [6.07, 6.45) is 7.88. The number of anilines is 3. The van der Waals surface area contributed by atoms with E-state index in [1.807, 2.05) is 0 Å². The fourth-order valence-corrected chi connectivity index (χ4v) is 12.2. The summed E-state index contributed by atoms with van der Waals surface area (Å²) in [5, 5.41) is 1.49. The monoisotopic (exact) mass is 554 g/mol. The first-order chi connectivity index (χ1) is 17.6. The zero-order valence-corrected chi connectivity index (χ0v) is 23.8. The molecule has 36 heavy (non-hydrogen) atoms. The molecule has 1 saturated carbocycles. The van der Waals surface area contributed by atoms with E-state index in [1.165, 1.54) is 53.3 Å².